The highest BCUT2D eigenvalue weighted by molar-refractivity contribution is 6.13. The van der Waals surface area contributed by atoms with Crippen molar-refractivity contribution in [2.75, 3.05) is 28.4 Å². The summed E-state index contributed by atoms with van der Waals surface area (Å²) in [5.41, 5.74) is 4.01. The van der Waals surface area contributed by atoms with Gasteiger partial charge in [-0.25, -0.2) is 0 Å². The fourth-order valence-corrected chi connectivity index (χ4v) is 4.16. The van der Waals surface area contributed by atoms with Gasteiger partial charge in [-0.2, -0.15) is 0 Å². The summed E-state index contributed by atoms with van der Waals surface area (Å²) in [7, 11) is 6.18. The SMILES string of the molecule is COc1cc(C/C=C\C(=O)c2c[nH]c3ccccc23)c(/C=C\c2cc(OC)c(OC)c(OC)c2)cc1O. The van der Waals surface area contributed by atoms with Crippen LogP contribution in [-0.2, 0) is 6.42 Å². The summed E-state index contributed by atoms with van der Waals surface area (Å²) in [5.74, 6) is 1.88. The van der Waals surface area contributed by atoms with Gasteiger partial charge in [-0.3, -0.25) is 4.79 Å². The van der Waals surface area contributed by atoms with Crippen molar-refractivity contribution in [3.05, 3.63) is 89.1 Å². The number of allylic oxidation sites excluding steroid dienone is 2. The number of aromatic hydroxyl groups is 1. The van der Waals surface area contributed by atoms with Gasteiger partial charge in [-0.1, -0.05) is 36.4 Å². The average molecular weight is 500 g/mol. The Hall–Kier alpha value is -4.65. The molecule has 0 aliphatic carbocycles. The van der Waals surface area contributed by atoms with Crippen molar-refractivity contribution in [1.82, 2.24) is 4.98 Å². The number of ketones is 1. The zero-order chi connectivity index (χ0) is 26.4. The molecular formula is C30H29NO6. The normalized spacial score (nSPS) is 11.4. The molecule has 0 atom stereocenters. The largest absolute Gasteiger partial charge is 0.504 e. The van der Waals surface area contributed by atoms with E-state index in [-0.39, 0.29) is 11.5 Å². The van der Waals surface area contributed by atoms with Crippen LogP contribution >= 0.6 is 0 Å². The van der Waals surface area contributed by atoms with E-state index >= 15 is 0 Å². The standard InChI is InChI=1S/C30H29NO6/c1-34-27-17-20(8-7-11-25(32)23-18-31-24-10-6-5-9-22(23)24)21(16-26(27)33)13-12-19-14-28(35-2)30(37-4)29(15-19)36-3/h5-7,9-18,31,33H,8H2,1-4H3/b11-7-,13-12-. The van der Waals surface area contributed by atoms with Gasteiger partial charge in [0.25, 0.3) is 0 Å². The second kappa shape index (κ2) is 11.4. The van der Waals surface area contributed by atoms with Crippen LogP contribution in [0.5, 0.6) is 28.7 Å². The van der Waals surface area contributed by atoms with Crippen molar-refractivity contribution in [2.24, 2.45) is 0 Å². The molecule has 2 N–H and O–H groups in total. The van der Waals surface area contributed by atoms with Crippen molar-refractivity contribution in [3.8, 4) is 28.7 Å². The van der Waals surface area contributed by atoms with E-state index in [1.165, 1.54) is 7.11 Å². The molecule has 0 spiro atoms. The Morgan fingerprint density at radius 3 is 2.27 bits per heavy atom. The molecule has 0 fully saturated rings. The number of carbonyl (C=O) groups excluding carboxylic acids is 1. The first-order valence-electron chi connectivity index (χ1n) is 11.6. The fourth-order valence-electron chi connectivity index (χ4n) is 4.16. The Bertz CT molecular complexity index is 1460. The maximum atomic E-state index is 12.8. The van der Waals surface area contributed by atoms with Crippen LogP contribution in [0.25, 0.3) is 23.1 Å². The first-order valence-corrected chi connectivity index (χ1v) is 11.6. The number of fused-ring (bicyclic) bond motifs is 1. The maximum Gasteiger partial charge on any atom is 0.203 e. The van der Waals surface area contributed by atoms with Crippen molar-refractivity contribution in [2.45, 2.75) is 6.42 Å². The van der Waals surface area contributed by atoms with Gasteiger partial charge < -0.3 is 29.0 Å². The third-order valence-electron chi connectivity index (χ3n) is 6.04. The molecule has 0 aliphatic rings. The molecule has 37 heavy (non-hydrogen) atoms. The van der Waals surface area contributed by atoms with E-state index in [0.29, 0.717) is 35.0 Å². The number of methoxy groups -OCH3 is 4. The van der Waals surface area contributed by atoms with Gasteiger partial charge in [-0.15, -0.1) is 0 Å². The number of H-pyrrole nitrogens is 1. The van der Waals surface area contributed by atoms with Crippen LogP contribution in [-0.4, -0.2) is 44.3 Å². The highest BCUT2D eigenvalue weighted by Gasteiger charge is 2.13. The smallest absolute Gasteiger partial charge is 0.203 e. The molecule has 1 heterocycles. The van der Waals surface area contributed by atoms with E-state index in [1.54, 1.807) is 45.7 Å². The molecule has 1 aromatic heterocycles. The molecule has 0 saturated carbocycles. The summed E-state index contributed by atoms with van der Waals surface area (Å²) < 4.78 is 21.6. The lowest BCUT2D eigenvalue weighted by Crippen LogP contribution is -1.96. The predicted molar refractivity (Wildman–Crippen MR) is 145 cm³/mol. The predicted octanol–water partition coefficient (Wildman–Crippen LogP) is 6.06. The Labute approximate surface area is 215 Å². The minimum atomic E-state index is -0.0855. The number of ether oxygens (including phenoxy) is 4. The molecule has 4 aromatic rings. The summed E-state index contributed by atoms with van der Waals surface area (Å²) in [6.45, 7) is 0. The lowest BCUT2D eigenvalue weighted by molar-refractivity contribution is 0.104. The highest BCUT2D eigenvalue weighted by atomic mass is 16.5. The molecule has 4 rings (SSSR count). The van der Waals surface area contributed by atoms with Crippen molar-refractivity contribution >= 4 is 28.8 Å². The van der Waals surface area contributed by atoms with E-state index < -0.39 is 0 Å². The fraction of sp³-hybridized carbons (Fsp3) is 0.167. The molecule has 190 valence electrons. The Morgan fingerprint density at radius 2 is 1.59 bits per heavy atom. The molecule has 0 aliphatic heterocycles. The van der Waals surface area contributed by atoms with Crippen LogP contribution < -0.4 is 18.9 Å². The Balaban J connectivity index is 1.62. The number of nitrogens with one attached hydrogen (secondary N) is 1. The topological polar surface area (TPSA) is 90.0 Å². The summed E-state index contributed by atoms with van der Waals surface area (Å²) >= 11 is 0. The molecule has 7 heteroatoms. The summed E-state index contributed by atoms with van der Waals surface area (Å²) in [6.07, 6.45) is 9.33. The van der Waals surface area contributed by atoms with E-state index in [4.69, 9.17) is 18.9 Å². The van der Waals surface area contributed by atoms with Crippen LogP contribution in [0.15, 0.2) is 66.9 Å². The van der Waals surface area contributed by atoms with Gasteiger partial charge in [0.05, 0.1) is 28.4 Å². The third kappa shape index (κ3) is 5.46. The summed E-state index contributed by atoms with van der Waals surface area (Å²) in [5, 5.41) is 11.3. The van der Waals surface area contributed by atoms with Crippen molar-refractivity contribution < 1.29 is 28.8 Å². The summed E-state index contributed by atoms with van der Waals surface area (Å²) in [4.78, 5) is 16.0. The second-order valence-electron chi connectivity index (χ2n) is 8.23. The van der Waals surface area contributed by atoms with Crippen LogP contribution in [0.1, 0.15) is 27.0 Å². The van der Waals surface area contributed by atoms with Gasteiger partial charge in [0.1, 0.15) is 0 Å². The van der Waals surface area contributed by atoms with E-state index in [0.717, 1.165) is 27.6 Å². The minimum absolute atomic E-state index is 0.0228. The highest BCUT2D eigenvalue weighted by Crippen LogP contribution is 2.39. The van der Waals surface area contributed by atoms with Crippen LogP contribution in [0.4, 0.5) is 0 Å². The number of hydrogen-bond acceptors (Lipinski definition) is 6. The zero-order valence-corrected chi connectivity index (χ0v) is 21.2. The lowest BCUT2D eigenvalue weighted by atomic mass is 10.0. The molecule has 0 bridgehead atoms. The first-order chi connectivity index (χ1) is 18.0. The number of aromatic nitrogens is 1. The first kappa shape index (κ1) is 25.4. The van der Waals surface area contributed by atoms with E-state index in [9.17, 15) is 9.90 Å². The number of hydrogen-bond donors (Lipinski definition) is 2. The number of rotatable bonds is 10. The number of para-hydroxylation sites is 1. The second-order valence-corrected chi connectivity index (χ2v) is 8.23. The molecule has 0 unspecified atom stereocenters. The average Bonchev–Trinajstić information content (AvgIpc) is 3.36. The number of phenolic OH excluding ortho intramolecular Hbond substituents is 1. The molecule has 3 aromatic carbocycles. The Kier molecular flexibility index (Phi) is 7.83. The number of aromatic amines is 1. The van der Waals surface area contributed by atoms with Crippen LogP contribution in [0.3, 0.4) is 0 Å². The molecule has 7 nitrogen and oxygen atoms in total. The third-order valence-corrected chi connectivity index (χ3v) is 6.04. The molecule has 0 saturated heterocycles. The van der Waals surface area contributed by atoms with E-state index in [1.807, 2.05) is 54.6 Å². The molecular weight excluding hydrogens is 470 g/mol. The zero-order valence-electron chi connectivity index (χ0n) is 21.2. The van der Waals surface area contributed by atoms with Crippen LogP contribution in [0.2, 0.25) is 0 Å². The van der Waals surface area contributed by atoms with Gasteiger partial charge >= 0.3 is 0 Å². The van der Waals surface area contributed by atoms with Crippen LogP contribution in [0, 0.1) is 0 Å². The van der Waals surface area contributed by atoms with E-state index in [2.05, 4.69) is 4.98 Å². The maximum absolute atomic E-state index is 12.8. The Morgan fingerprint density at radius 1 is 0.892 bits per heavy atom. The van der Waals surface area contributed by atoms with Gasteiger partial charge in [0, 0.05) is 22.7 Å². The number of benzene rings is 3. The molecule has 0 amide bonds. The quantitative estimate of drug-likeness (QED) is 0.157. The van der Waals surface area contributed by atoms with Gasteiger partial charge in [0.15, 0.2) is 28.8 Å². The lowest BCUT2D eigenvalue weighted by Gasteiger charge is -2.13. The number of phenols is 1. The number of carbonyl (C=O) groups is 1. The van der Waals surface area contributed by atoms with Crippen molar-refractivity contribution in [1.29, 1.82) is 0 Å². The van der Waals surface area contributed by atoms with Gasteiger partial charge in [-0.05, 0) is 59.5 Å². The van der Waals surface area contributed by atoms with Crippen molar-refractivity contribution in [3.63, 3.8) is 0 Å². The molecule has 0 radical (unpaired) electrons. The van der Waals surface area contributed by atoms with Gasteiger partial charge in [0.2, 0.25) is 5.75 Å². The monoisotopic (exact) mass is 499 g/mol. The summed E-state index contributed by atoms with van der Waals surface area (Å²) in [6, 6.07) is 14.8. The minimum Gasteiger partial charge on any atom is -0.504 e.